The molecule has 0 aliphatic heterocycles. The van der Waals surface area contributed by atoms with Gasteiger partial charge in [0, 0.05) is 0 Å². The fourth-order valence-corrected chi connectivity index (χ4v) is 1.71. The van der Waals surface area contributed by atoms with E-state index in [9.17, 15) is 9.50 Å². The van der Waals surface area contributed by atoms with Gasteiger partial charge < -0.3 is 9.52 Å². The van der Waals surface area contributed by atoms with Crippen LogP contribution in [0.1, 0.15) is 30.8 Å². The zero-order chi connectivity index (χ0) is 12.4. The van der Waals surface area contributed by atoms with Crippen molar-refractivity contribution >= 4 is 0 Å². The van der Waals surface area contributed by atoms with Gasteiger partial charge in [-0.1, -0.05) is 18.6 Å². The molecule has 1 unspecified atom stereocenters. The summed E-state index contributed by atoms with van der Waals surface area (Å²) in [5.74, 6) is 0.611. The van der Waals surface area contributed by atoms with Crippen LogP contribution in [-0.4, -0.2) is 5.11 Å². The summed E-state index contributed by atoms with van der Waals surface area (Å²) in [6.07, 6.45) is -0.0555. The van der Waals surface area contributed by atoms with Gasteiger partial charge in [0.25, 0.3) is 0 Å². The zero-order valence-corrected chi connectivity index (χ0v) is 9.90. The molecule has 2 rings (SSSR count). The predicted molar refractivity (Wildman–Crippen MR) is 64.1 cm³/mol. The Labute approximate surface area is 99.7 Å². The van der Waals surface area contributed by atoms with Gasteiger partial charge in [0.2, 0.25) is 0 Å². The largest absolute Gasteiger partial charge is 0.458 e. The minimum Gasteiger partial charge on any atom is -0.458 e. The Morgan fingerprint density at radius 2 is 2.06 bits per heavy atom. The molecule has 1 atom stereocenters. The Morgan fingerprint density at radius 3 is 2.76 bits per heavy atom. The number of aryl methyl sites for hydroxylation is 1. The van der Waals surface area contributed by atoms with Crippen molar-refractivity contribution in [2.75, 3.05) is 0 Å². The maximum Gasteiger partial charge on any atom is 0.137 e. The average molecular weight is 234 g/mol. The second-order valence-electron chi connectivity index (χ2n) is 4.11. The minimum atomic E-state index is -0.628. The van der Waals surface area contributed by atoms with E-state index in [1.807, 2.05) is 13.8 Å². The fraction of sp³-hybridized carbons (Fsp3) is 0.286. The first-order valence-corrected chi connectivity index (χ1v) is 5.66. The van der Waals surface area contributed by atoms with Gasteiger partial charge >= 0.3 is 0 Å². The molecule has 90 valence electrons. The molecule has 17 heavy (non-hydrogen) atoms. The van der Waals surface area contributed by atoms with Crippen molar-refractivity contribution in [1.29, 1.82) is 0 Å². The van der Waals surface area contributed by atoms with Gasteiger partial charge in [-0.2, -0.15) is 0 Å². The predicted octanol–water partition coefficient (Wildman–Crippen LogP) is 3.84. The van der Waals surface area contributed by atoms with Gasteiger partial charge in [-0.05, 0) is 37.6 Å². The number of aliphatic hydroxyl groups excluding tert-OH is 1. The lowest BCUT2D eigenvalue weighted by molar-refractivity contribution is 0.146. The lowest BCUT2D eigenvalue weighted by Crippen LogP contribution is -1.91. The normalized spacial score (nSPS) is 12.7. The fourth-order valence-electron chi connectivity index (χ4n) is 1.71. The van der Waals surface area contributed by atoms with E-state index in [0.29, 0.717) is 23.5 Å². The van der Waals surface area contributed by atoms with Crippen molar-refractivity contribution in [3.05, 3.63) is 47.5 Å². The lowest BCUT2D eigenvalue weighted by atomic mass is 10.1. The third-order valence-electron chi connectivity index (χ3n) is 2.73. The molecule has 1 N–H and O–H groups in total. The first-order chi connectivity index (χ1) is 8.11. The molecule has 1 heterocycles. The van der Waals surface area contributed by atoms with Crippen LogP contribution < -0.4 is 0 Å². The highest BCUT2D eigenvalue weighted by molar-refractivity contribution is 5.59. The zero-order valence-electron chi connectivity index (χ0n) is 9.90. The van der Waals surface area contributed by atoms with Crippen LogP contribution in [0.3, 0.4) is 0 Å². The maximum atomic E-state index is 13.6. The molecular weight excluding hydrogens is 219 g/mol. The highest BCUT2D eigenvalue weighted by Crippen LogP contribution is 2.28. The third kappa shape index (κ3) is 2.39. The number of furan rings is 1. The number of hydrogen-bond acceptors (Lipinski definition) is 2. The molecule has 0 radical (unpaired) electrons. The number of halogens is 1. The van der Waals surface area contributed by atoms with E-state index >= 15 is 0 Å². The van der Waals surface area contributed by atoms with Crippen LogP contribution in [0.4, 0.5) is 4.39 Å². The highest BCUT2D eigenvalue weighted by atomic mass is 19.1. The first-order valence-electron chi connectivity index (χ1n) is 5.66. The molecule has 1 aromatic carbocycles. The number of rotatable bonds is 3. The maximum absolute atomic E-state index is 13.6. The van der Waals surface area contributed by atoms with Gasteiger partial charge in [-0.3, -0.25) is 0 Å². The van der Waals surface area contributed by atoms with Gasteiger partial charge in [0.05, 0.1) is 5.56 Å². The number of aliphatic hydroxyl groups is 1. The summed E-state index contributed by atoms with van der Waals surface area (Å²) in [4.78, 5) is 0. The van der Waals surface area contributed by atoms with Crippen molar-refractivity contribution in [2.24, 2.45) is 0 Å². The van der Waals surface area contributed by atoms with E-state index in [2.05, 4.69) is 0 Å². The molecular formula is C14H15FO2. The van der Waals surface area contributed by atoms with Crippen molar-refractivity contribution in [3.8, 4) is 11.3 Å². The Hall–Kier alpha value is -1.61. The molecule has 0 amide bonds. The molecule has 0 aliphatic carbocycles. The Morgan fingerprint density at radius 1 is 1.29 bits per heavy atom. The van der Waals surface area contributed by atoms with Crippen LogP contribution in [0.5, 0.6) is 0 Å². The summed E-state index contributed by atoms with van der Waals surface area (Å²) in [5.41, 5.74) is 1.40. The van der Waals surface area contributed by atoms with Gasteiger partial charge in [-0.25, -0.2) is 4.39 Å². The van der Waals surface area contributed by atoms with Crippen LogP contribution in [0.2, 0.25) is 0 Å². The Kier molecular flexibility index (Phi) is 3.29. The van der Waals surface area contributed by atoms with Crippen LogP contribution in [-0.2, 0) is 0 Å². The summed E-state index contributed by atoms with van der Waals surface area (Å²) in [5, 5.41) is 9.63. The molecule has 1 aromatic heterocycles. The topological polar surface area (TPSA) is 33.4 Å². The molecule has 0 aliphatic rings. The molecule has 0 spiro atoms. The monoisotopic (exact) mass is 234 g/mol. The summed E-state index contributed by atoms with van der Waals surface area (Å²) in [6, 6.07) is 8.24. The van der Waals surface area contributed by atoms with Crippen molar-refractivity contribution in [3.63, 3.8) is 0 Å². The van der Waals surface area contributed by atoms with Crippen LogP contribution in [0, 0.1) is 12.7 Å². The van der Waals surface area contributed by atoms with E-state index in [1.54, 1.807) is 24.3 Å². The molecule has 0 saturated carbocycles. The lowest BCUT2D eigenvalue weighted by Gasteiger charge is -2.04. The van der Waals surface area contributed by atoms with E-state index in [0.717, 1.165) is 5.56 Å². The second kappa shape index (κ2) is 4.72. The standard InChI is InChI=1S/C14H15FO2/c1-3-12(16)14-7-6-13(17-14)10-8-9(2)4-5-11(10)15/h4-8,12,16H,3H2,1-2H3. The van der Waals surface area contributed by atoms with Crippen molar-refractivity contribution in [2.45, 2.75) is 26.4 Å². The first kappa shape index (κ1) is 11.9. The van der Waals surface area contributed by atoms with Gasteiger partial charge in [0.15, 0.2) is 0 Å². The molecule has 0 fully saturated rings. The second-order valence-corrected chi connectivity index (χ2v) is 4.11. The highest BCUT2D eigenvalue weighted by Gasteiger charge is 2.13. The molecule has 2 aromatic rings. The van der Waals surface area contributed by atoms with Crippen molar-refractivity contribution < 1.29 is 13.9 Å². The number of benzene rings is 1. The summed E-state index contributed by atoms with van der Waals surface area (Å²) < 4.78 is 19.1. The molecule has 2 nitrogen and oxygen atoms in total. The average Bonchev–Trinajstić information content (AvgIpc) is 2.80. The summed E-state index contributed by atoms with van der Waals surface area (Å²) in [6.45, 7) is 3.76. The molecule has 0 saturated heterocycles. The number of hydrogen-bond donors (Lipinski definition) is 1. The van der Waals surface area contributed by atoms with E-state index in [1.165, 1.54) is 6.07 Å². The Bertz CT molecular complexity index is 517. The minimum absolute atomic E-state index is 0.317. The summed E-state index contributed by atoms with van der Waals surface area (Å²) in [7, 11) is 0. The van der Waals surface area contributed by atoms with Crippen LogP contribution in [0.25, 0.3) is 11.3 Å². The summed E-state index contributed by atoms with van der Waals surface area (Å²) >= 11 is 0. The van der Waals surface area contributed by atoms with Gasteiger partial charge in [0.1, 0.15) is 23.4 Å². The smallest absolute Gasteiger partial charge is 0.137 e. The van der Waals surface area contributed by atoms with Crippen LogP contribution >= 0.6 is 0 Å². The van der Waals surface area contributed by atoms with E-state index in [4.69, 9.17) is 4.42 Å². The molecule has 0 bridgehead atoms. The van der Waals surface area contributed by atoms with Gasteiger partial charge in [-0.15, -0.1) is 0 Å². The van der Waals surface area contributed by atoms with E-state index < -0.39 is 6.10 Å². The van der Waals surface area contributed by atoms with E-state index in [-0.39, 0.29) is 5.82 Å². The van der Waals surface area contributed by atoms with Crippen LogP contribution in [0.15, 0.2) is 34.7 Å². The molecule has 3 heteroatoms. The SMILES string of the molecule is CCC(O)c1ccc(-c2cc(C)ccc2F)o1. The Balaban J connectivity index is 2.40. The third-order valence-corrected chi connectivity index (χ3v) is 2.73. The van der Waals surface area contributed by atoms with Crippen molar-refractivity contribution in [1.82, 2.24) is 0 Å². The quantitative estimate of drug-likeness (QED) is 0.875.